The fourth-order valence-corrected chi connectivity index (χ4v) is 4.49. The summed E-state index contributed by atoms with van der Waals surface area (Å²) < 4.78 is 35.4. The Balaban J connectivity index is 1.52. The summed E-state index contributed by atoms with van der Waals surface area (Å²) >= 11 is 0. The van der Waals surface area contributed by atoms with Crippen LogP contribution >= 0.6 is 0 Å². The van der Waals surface area contributed by atoms with Crippen LogP contribution < -0.4 is 18.9 Å². The Morgan fingerprint density at radius 1 is 0.718 bits per heavy atom. The first-order valence-electron chi connectivity index (χ1n) is 12.4. The van der Waals surface area contributed by atoms with Gasteiger partial charge in [-0.25, -0.2) is 4.39 Å². The summed E-state index contributed by atoms with van der Waals surface area (Å²) in [5, 5.41) is 0. The fraction of sp³-hybridized carbons (Fsp3) is 0.267. The molecule has 39 heavy (non-hydrogen) atoms. The number of amides is 2. The highest BCUT2D eigenvalue weighted by Crippen LogP contribution is 2.38. The van der Waals surface area contributed by atoms with Crippen molar-refractivity contribution in [3.63, 3.8) is 0 Å². The van der Waals surface area contributed by atoms with Crippen LogP contribution in [0.2, 0.25) is 0 Å². The van der Waals surface area contributed by atoms with Gasteiger partial charge in [0.25, 0.3) is 5.91 Å². The van der Waals surface area contributed by atoms with E-state index >= 15 is 0 Å². The number of ether oxygens (including phenoxy) is 4. The minimum atomic E-state index is -0.390. The van der Waals surface area contributed by atoms with Gasteiger partial charge < -0.3 is 28.7 Å². The summed E-state index contributed by atoms with van der Waals surface area (Å²) in [4.78, 5) is 30.0. The molecule has 9 heteroatoms. The molecule has 1 aliphatic heterocycles. The number of rotatable bonds is 8. The molecule has 1 fully saturated rings. The van der Waals surface area contributed by atoms with Gasteiger partial charge >= 0.3 is 0 Å². The number of benzene rings is 3. The molecule has 204 valence electrons. The highest BCUT2D eigenvalue weighted by molar-refractivity contribution is 6.00. The van der Waals surface area contributed by atoms with Gasteiger partial charge in [0.1, 0.15) is 11.6 Å². The van der Waals surface area contributed by atoms with Crippen LogP contribution in [-0.2, 0) is 4.79 Å². The monoisotopic (exact) mass is 534 g/mol. The lowest BCUT2D eigenvalue weighted by atomic mass is 9.97. The second-order valence-electron chi connectivity index (χ2n) is 8.83. The maximum atomic E-state index is 14.0. The number of carbonyl (C=O) groups is 2. The van der Waals surface area contributed by atoms with Crippen LogP contribution in [0, 0.1) is 5.82 Å². The summed E-state index contributed by atoms with van der Waals surface area (Å²) in [6.45, 7) is 1.41. The van der Waals surface area contributed by atoms with Gasteiger partial charge in [-0.3, -0.25) is 9.59 Å². The van der Waals surface area contributed by atoms with Gasteiger partial charge in [-0.05, 0) is 53.1 Å². The zero-order valence-corrected chi connectivity index (χ0v) is 22.4. The number of methoxy groups -OCH3 is 4. The van der Waals surface area contributed by atoms with Gasteiger partial charge in [0.15, 0.2) is 11.5 Å². The second-order valence-corrected chi connectivity index (χ2v) is 8.83. The molecule has 0 radical (unpaired) electrons. The molecule has 3 aromatic carbocycles. The van der Waals surface area contributed by atoms with E-state index in [-0.39, 0.29) is 11.8 Å². The van der Waals surface area contributed by atoms with E-state index in [1.165, 1.54) is 39.5 Å². The van der Waals surface area contributed by atoms with Crippen LogP contribution in [0.5, 0.6) is 23.0 Å². The molecule has 0 aliphatic carbocycles. The van der Waals surface area contributed by atoms with Crippen molar-refractivity contribution in [1.29, 1.82) is 0 Å². The van der Waals surface area contributed by atoms with Gasteiger partial charge in [0, 0.05) is 37.8 Å². The average molecular weight is 535 g/mol. The quantitative estimate of drug-likeness (QED) is 0.402. The molecule has 1 heterocycles. The number of hydrogen-bond acceptors (Lipinski definition) is 6. The first-order valence-corrected chi connectivity index (χ1v) is 12.4. The van der Waals surface area contributed by atoms with Crippen molar-refractivity contribution in [2.45, 2.75) is 0 Å². The molecular weight excluding hydrogens is 503 g/mol. The Kier molecular flexibility index (Phi) is 8.70. The molecular formula is C30H31FN2O6. The lowest BCUT2D eigenvalue weighted by molar-refractivity contribution is -0.127. The summed E-state index contributed by atoms with van der Waals surface area (Å²) in [5.41, 5.74) is 2.34. The first-order chi connectivity index (χ1) is 18.9. The molecule has 0 atom stereocenters. The molecule has 1 aliphatic rings. The first kappa shape index (κ1) is 27.5. The van der Waals surface area contributed by atoms with Gasteiger partial charge in [-0.2, -0.15) is 0 Å². The number of hydrogen-bond donors (Lipinski definition) is 0. The molecule has 0 bridgehead atoms. The van der Waals surface area contributed by atoms with Crippen molar-refractivity contribution in [1.82, 2.24) is 9.80 Å². The van der Waals surface area contributed by atoms with Gasteiger partial charge in [-0.15, -0.1) is 0 Å². The maximum absolute atomic E-state index is 14.0. The molecule has 2 amide bonds. The van der Waals surface area contributed by atoms with Crippen molar-refractivity contribution in [2.24, 2.45) is 0 Å². The number of halogens is 1. The second kappa shape index (κ2) is 12.3. The Morgan fingerprint density at radius 3 is 1.87 bits per heavy atom. The van der Waals surface area contributed by atoms with E-state index < -0.39 is 5.82 Å². The van der Waals surface area contributed by atoms with Crippen LogP contribution in [0.4, 0.5) is 4.39 Å². The third-order valence-corrected chi connectivity index (χ3v) is 6.59. The number of piperazine rings is 1. The number of carbonyl (C=O) groups excluding carboxylic acids is 2. The van der Waals surface area contributed by atoms with E-state index in [0.717, 1.165) is 5.56 Å². The Bertz CT molecular complexity index is 1340. The minimum Gasteiger partial charge on any atom is -0.497 e. The van der Waals surface area contributed by atoms with Crippen LogP contribution in [0.3, 0.4) is 0 Å². The molecule has 4 rings (SSSR count). The van der Waals surface area contributed by atoms with Crippen LogP contribution in [0.15, 0.2) is 66.7 Å². The zero-order chi connectivity index (χ0) is 27.9. The minimum absolute atomic E-state index is 0.199. The molecule has 0 saturated carbocycles. The third-order valence-electron chi connectivity index (χ3n) is 6.59. The lowest BCUT2D eigenvalue weighted by Crippen LogP contribution is -2.50. The fourth-order valence-electron chi connectivity index (χ4n) is 4.49. The van der Waals surface area contributed by atoms with Gasteiger partial charge in [-0.1, -0.05) is 24.3 Å². The molecule has 8 nitrogen and oxygen atoms in total. The molecule has 0 N–H and O–H groups in total. The SMILES string of the molecule is COc1ccc(C(=CC(=O)N2CCN(C(=O)c3cc(OC)c(OC)c(OC)c3)CC2)c2cccc(F)c2)cc1. The smallest absolute Gasteiger partial charge is 0.254 e. The normalized spacial score (nSPS) is 13.6. The van der Waals surface area contributed by atoms with Crippen LogP contribution in [-0.4, -0.2) is 76.2 Å². The number of nitrogens with zero attached hydrogens (tertiary/aromatic N) is 2. The lowest BCUT2D eigenvalue weighted by Gasteiger charge is -2.34. The summed E-state index contributed by atoms with van der Waals surface area (Å²) in [6.07, 6.45) is 1.52. The van der Waals surface area contributed by atoms with Gasteiger partial charge in [0.2, 0.25) is 11.7 Å². The van der Waals surface area contributed by atoms with E-state index in [9.17, 15) is 14.0 Å². The Hall–Kier alpha value is -4.53. The maximum Gasteiger partial charge on any atom is 0.254 e. The van der Waals surface area contributed by atoms with E-state index in [1.54, 1.807) is 53.3 Å². The van der Waals surface area contributed by atoms with E-state index in [2.05, 4.69) is 0 Å². The zero-order valence-electron chi connectivity index (χ0n) is 22.4. The van der Waals surface area contributed by atoms with Crippen LogP contribution in [0.25, 0.3) is 5.57 Å². The summed E-state index contributed by atoms with van der Waals surface area (Å²) in [5.74, 6) is 1.06. The Labute approximate surface area is 227 Å². The third kappa shape index (κ3) is 6.14. The van der Waals surface area contributed by atoms with Crippen molar-refractivity contribution in [3.8, 4) is 23.0 Å². The molecule has 1 saturated heterocycles. The molecule has 0 unspecified atom stereocenters. The van der Waals surface area contributed by atoms with Crippen molar-refractivity contribution in [3.05, 3.63) is 89.2 Å². The average Bonchev–Trinajstić information content (AvgIpc) is 2.98. The van der Waals surface area contributed by atoms with Crippen molar-refractivity contribution >= 4 is 17.4 Å². The highest BCUT2D eigenvalue weighted by Gasteiger charge is 2.26. The molecule has 3 aromatic rings. The van der Waals surface area contributed by atoms with Crippen molar-refractivity contribution < 1.29 is 32.9 Å². The highest BCUT2D eigenvalue weighted by atomic mass is 19.1. The summed E-state index contributed by atoms with van der Waals surface area (Å²) in [7, 11) is 6.07. The van der Waals surface area contributed by atoms with Crippen molar-refractivity contribution in [2.75, 3.05) is 54.6 Å². The molecule has 0 aromatic heterocycles. The predicted molar refractivity (Wildman–Crippen MR) is 145 cm³/mol. The topological polar surface area (TPSA) is 77.5 Å². The van der Waals surface area contributed by atoms with E-state index in [1.807, 2.05) is 12.1 Å². The van der Waals surface area contributed by atoms with Gasteiger partial charge in [0.05, 0.1) is 28.4 Å². The van der Waals surface area contributed by atoms with E-state index in [0.29, 0.717) is 65.9 Å². The van der Waals surface area contributed by atoms with Crippen LogP contribution in [0.1, 0.15) is 21.5 Å². The Morgan fingerprint density at radius 2 is 1.33 bits per heavy atom. The molecule has 0 spiro atoms. The largest absolute Gasteiger partial charge is 0.497 e. The van der Waals surface area contributed by atoms with E-state index in [4.69, 9.17) is 18.9 Å². The summed E-state index contributed by atoms with van der Waals surface area (Å²) in [6, 6.07) is 16.6. The predicted octanol–water partition coefficient (Wildman–Crippen LogP) is 4.28. The standard InChI is InChI=1S/C30H31FN2O6/c1-36-24-10-8-20(9-11-24)25(21-6-5-7-23(31)16-21)19-28(34)32-12-14-33(15-13-32)30(35)22-17-26(37-2)29(39-4)27(18-22)38-3/h5-11,16-19H,12-15H2,1-4H3.